The summed E-state index contributed by atoms with van der Waals surface area (Å²) in [5.74, 6) is -0.108. The van der Waals surface area contributed by atoms with Gasteiger partial charge in [-0.15, -0.1) is 0 Å². The molecule has 6 nitrogen and oxygen atoms in total. The normalized spacial score (nSPS) is 16.0. The standard InChI is InChI=1S/C23H23NO5S2/c1-4-14(2)16-6-8-17(9-7-16)24-22(27)20(31-23(24)30)12-15-5-10-18(19(11-15)28-3)29-13-21(25)26/h5-12,14H,4,13H2,1-3H3,(H,25,26)/b20-12+. The van der Waals surface area contributed by atoms with Gasteiger partial charge in [0.15, 0.2) is 22.4 Å². The molecule has 1 atom stereocenters. The maximum atomic E-state index is 13.0. The molecule has 3 rings (SSSR count). The molecule has 8 heteroatoms. The Kier molecular flexibility index (Phi) is 7.35. The highest BCUT2D eigenvalue weighted by molar-refractivity contribution is 8.27. The molecule has 2 aromatic carbocycles. The molecule has 1 heterocycles. The summed E-state index contributed by atoms with van der Waals surface area (Å²) in [6.45, 7) is 3.85. The largest absolute Gasteiger partial charge is 0.493 e. The number of thiocarbonyl (C=S) groups is 1. The molecule has 1 aliphatic heterocycles. The Balaban J connectivity index is 1.82. The predicted molar refractivity (Wildman–Crippen MR) is 127 cm³/mol. The number of carbonyl (C=O) groups excluding carboxylic acids is 1. The Labute approximate surface area is 190 Å². The fourth-order valence-electron chi connectivity index (χ4n) is 3.06. The first-order valence-electron chi connectivity index (χ1n) is 9.74. The topological polar surface area (TPSA) is 76.1 Å². The molecule has 1 saturated heterocycles. The number of nitrogens with zero attached hydrogens (tertiary/aromatic N) is 1. The van der Waals surface area contributed by atoms with Gasteiger partial charge in [-0.05, 0) is 53.8 Å². The van der Waals surface area contributed by atoms with Gasteiger partial charge in [0.2, 0.25) is 0 Å². The van der Waals surface area contributed by atoms with Crippen LogP contribution in [-0.4, -0.2) is 35.0 Å². The van der Waals surface area contributed by atoms with Gasteiger partial charge < -0.3 is 14.6 Å². The van der Waals surface area contributed by atoms with E-state index in [1.54, 1.807) is 24.3 Å². The lowest BCUT2D eigenvalue weighted by atomic mass is 9.98. The Morgan fingerprint density at radius 2 is 1.94 bits per heavy atom. The van der Waals surface area contributed by atoms with Crippen LogP contribution in [0.5, 0.6) is 11.5 Å². The molecule has 162 valence electrons. The van der Waals surface area contributed by atoms with Crippen LogP contribution in [0.2, 0.25) is 0 Å². The summed E-state index contributed by atoms with van der Waals surface area (Å²) in [5.41, 5.74) is 2.68. The Morgan fingerprint density at radius 1 is 1.23 bits per heavy atom. The maximum Gasteiger partial charge on any atom is 0.341 e. The van der Waals surface area contributed by atoms with Gasteiger partial charge in [-0.25, -0.2) is 4.79 Å². The number of carboxylic acids is 1. The van der Waals surface area contributed by atoms with Gasteiger partial charge in [0.25, 0.3) is 5.91 Å². The third-order valence-corrected chi connectivity index (χ3v) is 6.27. The maximum absolute atomic E-state index is 13.0. The molecule has 1 amide bonds. The molecular formula is C23H23NO5S2. The van der Waals surface area contributed by atoms with Gasteiger partial charge >= 0.3 is 5.97 Å². The molecule has 0 radical (unpaired) electrons. The number of methoxy groups -OCH3 is 1. The lowest BCUT2D eigenvalue weighted by molar-refractivity contribution is -0.139. The lowest BCUT2D eigenvalue weighted by Crippen LogP contribution is -2.27. The van der Waals surface area contributed by atoms with Crippen LogP contribution in [-0.2, 0) is 9.59 Å². The minimum Gasteiger partial charge on any atom is -0.493 e. The molecule has 1 aliphatic rings. The molecule has 1 unspecified atom stereocenters. The monoisotopic (exact) mass is 457 g/mol. The molecular weight excluding hydrogens is 434 g/mol. The second kappa shape index (κ2) is 9.98. The van der Waals surface area contributed by atoms with Crippen molar-refractivity contribution in [1.82, 2.24) is 0 Å². The van der Waals surface area contributed by atoms with E-state index in [0.717, 1.165) is 12.1 Å². The second-order valence-electron chi connectivity index (χ2n) is 7.01. The number of thioether (sulfide) groups is 1. The summed E-state index contributed by atoms with van der Waals surface area (Å²) in [4.78, 5) is 25.8. The molecule has 0 spiro atoms. The predicted octanol–water partition coefficient (Wildman–Crippen LogP) is 5.08. The van der Waals surface area contributed by atoms with Crippen LogP contribution in [0, 0.1) is 0 Å². The van der Waals surface area contributed by atoms with E-state index in [-0.39, 0.29) is 5.91 Å². The van der Waals surface area contributed by atoms with Gasteiger partial charge in [-0.3, -0.25) is 9.69 Å². The first kappa shape index (κ1) is 22.8. The molecule has 1 N–H and O–H groups in total. The summed E-state index contributed by atoms with van der Waals surface area (Å²) >= 11 is 6.69. The van der Waals surface area contributed by atoms with Crippen LogP contribution in [0.25, 0.3) is 6.08 Å². The van der Waals surface area contributed by atoms with Crippen LogP contribution in [0.3, 0.4) is 0 Å². The Hall–Kier alpha value is -2.84. The van der Waals surface area contributed by atoms with E-state index in [0.29, 0.717) is 32.2 Å². The quantitative estimate of drug-likeness (QED) is 0.438. The fraction of sp³-hybridized carbons (Fsp3) is 0.261. The van der Waals surface area contributed by atoms with Crippen LogP contribution < -0.4 is 14.4 Å². The number of carbonyl (C=O) groups is 2. The molecule has 0 aromatic heterocycles. The number of rotatable bonds is 8. The third-order valence-electron chi connectivity index (χ3n) is 4.96. The van der Waals surface area contributed by atoms with Crippen LogP contribution in [0.4, 0.5) is 5.69 Å². The van der Waals surface area contributed by atoms with Crippen molar-refractivity contribution < 1.29 is 24.2 Å². The third kappa shape index (κ3) is 5.26. The zero-order valence-electron chi connectivity index (χ0n) is 17.5. The average Bonchev–Trinajstić information content (AvgIpc) is 3.04. The van der Waals surface area contributed by atoms with Gasteiger partial charge in [-0.2, -0.15) is 0 Å². The number of hydrogen-bond acceptors (Lipinski definition) is 6. The number of amides is 1. The van der Waals surface area contributed by atoms with Crippen LogP contribution in [0.1, 0.15) is 37.3 Å². The number of ether oxygens (including phenoxy) is 2. The minimum absolute atomic E-state index is 0.184. The van der Waals surface area contributed by atoms with Crippen molar-refractivity contribution in [2.75, 3.05) is 18.6 Å². The van der Waals surface area contributed by atoms with Gasteiger partial charge in [0.1, 0.15) is 0 Å². The summed E-state index contributed by atoms with van der Waals surface area (Å²) in [6.07, 6.45) is 2.78. The minimum atomic E-state index is -1.08. The first-order valence-corrected chi connectivity index (χ1v) is 11.0. The van der Waals surface area contributed by atoms with E-state index in [1.165, 1.54) is 29.3 Å². The summed E-state index contributed by atoms with van der Waals surface area (Å²) in [7, 11) is 1.47. The van der Waals surface area contributed by atoms with Crippen molar-refractivity contribution in [3.05, 3.63) is 58.5 Å². The van der Waals surface area contributed by atoms with Crippen molar-refractivity contribution in [3.63, 3.8) is 0 Å². The second-order valence-corrected chi connectivity index (χ2v) is 8.69. The first-order chi connectivity index (χ1) is 14.8. The molecule has 1 fully saturated rings. The SMILES string of the molecule is CCC(C)c1ccc(N2C(=O)/C(=C\c3ccc(OCC(=O)O)c(OC)c3)SC2=S)cc1. The zero-order valence-corrected chi connectivity index (χ0v) is 19.1. The summed E-state index contributed by atoms with van der Waals surface area (Å²) < 4.78 is 11.0. The van der Waals surface area contributed by atoms with Crippen molar-refractivity contribution in [2.24, 2.45) is 0 Å². The van der Waals surface area contributed by atoms with Crippen molar-refractivity contribution >= 4 is 51.9 Å². The smallest absolute Gasteiger partial charge is 0.341 e. The van der Waals surface area contributed by atoms with Crippen LogP contribution in [0.15, 0.2) is 47.4 Å². The summed E-state index contributed by atoms with van der Waals surface area (Å²) in [5, 5.41) is 8.78. The Bertz CT molecular complexity index is 1030. The van der Waals surface area contributed by atoms with Crippen molar-refractivity contribution in [3.8, 4) is 11.5 Å². The zero-order chi connectivity index (χ0) is 22.5. The van der Waals surface area contributed by atoms with Gasteiger partial charge in [0, 0.05) is 0 Å². The highest BCUT2D eigenvalue weighted by Gasteiger charge is 2.33. The van der Waals surface area contributed by atoms with E-state index >= 15 is 0 Å². The van der Waals surface area contributed by atoms with E-state index in [4.69, 9.17) is 26.8 Å². The average molecular weight is 458 g/mol. The molecule has 0 bridgehead atoms. The molecule has 0 saturated carbocycles. The van der Waals surface area contributed by atoms with Crippen molar-refractivity contribution in [1.29, 1.82) is 0 Å². The van der Waals surface area contributed by atoms with Gasteiger partial charge in [0.05, 0.1) is 17.7 Å². The summed E-state index contributed by atoms with van der Waals surface area (Å²) in [6, 6.07) is 12.9. The highest BCUT2D eigenvalue weighted by atomic mass is 32.2. The number of hydrogen-bond donors (Lipinski definition) is 1. The van der Waals surface area contributed by atoms with E-state index in [1.807, 2.05) is 24.3 Å². The number of carboxylic acid groups (broad SMARTS) is 1. The lowest BCUT2D eigenvalue weighted by Gasteiger charge is -2.16. The molecule has 31 heavy (non-hydrogen) atoms. The molecule has 2 aromatic rings. The van der Waals surface area contributed by atoms with E-state index in [9.17, 15) is 9.59 Å². The van der Waals surface area contributed by atoms with E-state index < -0.39 is 12.6 Å². The number of benzene rings is 2. The van der Waals surface area contributed by atoms with Crippen molar-refractivity contribution in [2.45, 2.75) is 26.2 Å². The highest BCUT2D eigenvalue weighted by Crippen LogP contribution is 2.37. The number of anilines is 1. The van der Waals surface area contributed by atoms with Crippen LogP contribution >= 0.6 is 24.0 Å². The van der Waals surface area contributed by atoms with E-state index in [2.05, 4.69) is 13.8 Å². The fourth-order valence-corrected chi connectivity index (χ4v) is 4.36. The van der Waals surface area contributed by atoms with Gasteiger partial charge in [-0.1, -0.05) is 56.0 Å². The molecule has 0 aliphatic carbocycles. The Morgan fingerprint density at radius 3 is 2.55 bits per heavy atom. The number of aliphatic carboxylic acids is 1.